The van der Waals surface area contributed by atoms with Crippen LogP contribution in [0.3, 0.4) is 0 Å². The average molecular weight is 305 g/mol. The monoisotopic (exact) mass is 305 g/mol. The van der Waals surface area contributed by atoms with Crippen molar-refractivity contribution in [3.05, 3.63) is 12.7 Å². The van der Waals surface area contributed by atoms with Crippen LogP contribution in [0.25, 0.3) is 0 Å². The predicted molar refractivity (Wildman–Crippen MR) is 88.6 cm³/mol. The Bertz CT molecular complexity index is 414. The summed E-state index contributed by atoms with van der Waals surface area (Å²) >= 11 is 0. The lowest BCUT2D eigenvalue weighted by Crippen LogP contribution is -2.51. The molecule has 0 atom stereocenters. The Morgan fingerprint density at radius 1 is 1.00 bits per heavy atom. The second-order valence-electron chi connectivity index (χ2n) is 7.35. The molecule has 0 unspecified atom stereocenters. The summed E-state index contributed by atoms with van der Waals surface area (Å²) in [4.78, 5) is 9.32. The zero-order chi connectivity index (χ0) is 15.4. The Hall–Kier alpha value is -0.940. The number of rotatable bonds is 5. The van der Waals surface area contributed by atoms with Crippen LogP contribution in [-0.2, 0) is 6.54 Å². The Morgan fingerprint density at radius 2 is 1.73 bits per heavy atom. The first-order valence-electron chi connectivity index (χ1n) is 9.01. The van der Waals surface area contributed by atoms with E-state index in [9.17, 15) is 0 Å². The van der Waals surface area contributed by atoms with E-state index >= 15 is 0 Å². The maximum Gasteiger partial charge on any atom is 0.137 e. The quantitative estimate of drug-likeness (QED) is 0.835. The lowest BCUT2D eigenvalue weighted by Gasteiger charge is -2.42. The highest BCUT2D eigenvalue weighted by molar-refractivity contribution is 4.84. The molecule has 1 saturated heterocycles. The third kappa shape index (κ3) is 4.07. The van der Waals surface area contributed by atoms with Crippen molar-refractivity contribution in [2.45, 2.75) is 52.1 Å². The molecule has 1 aromatic rings. The highest BCUT2D eigenvalue weighted by atomic mass is 15.3. The zero-order valence-corrected chi connectivity index (χ0v) is 14.2. The fourth-order valence-corrected chi connectivity index (χ4v) is 4.08. The SMILES string of the molecule is CC(C)C1CCC(N2CCN(CCn3cncn3)CC2)CC1. The van der Waals surface area contributed by atoms with Gasteiger partial charge in [-0.2, -0.15) is 5.10 Å². The molecule has 22 heavy (non-hydrogen) atoms. The topological polar surface area (TPSA) is 37.2 Å². The van der Waals surface area contributed by atoms with Gasteiger partial charge in [-0.15, -0.1) is 0 Å². The van der Waals surface area contributed by atoms with Gasteiger partial charge in [-0.25, -0.2) is 4.98 Å². The number of aromatic nitrogens is 3. The summed E-state index contributed by atoms with van der Waals surface area (Å²) in [6.07, 6.45) is 9.14. The van der Waals surface area contributed by atoms with Gasteiger partial charge in [0.05, 0.1) is 6.54 Å². The van der Waals surface area contributed by atoms with Crippen LogP contribution in [-0.4, -0.2) is 63.3 Å². The normalized spacial score (nSPS) is 28.3. The van der Waals surface area contributed by atoms with Crippen molar-refractivity contribution in [3.63, 3.8) is 0 Å². The van der Waals surface area contributed by atoms with Gasteiger partial charge >= 0.3 is 0 Å². The summed E-state index contributed by atoms with van der Waals surface area (Å²) in [6, 6.07) is 0.854. The molecular weight excluding hydrogens is 274 g/mol. The summed E-state index contributed by atoms with van der Waals surface area (Å²) in [7, 11) is 0. The van der Waals surface area contributed by atoms with Crippen molar-refractivity contribution in [1.29, 1.82) is 0 Å². The lowest BCUT2D eigenvalue weighted by atomic mass is 9.79. The maximum absolute atomic E-state index is 4.18. The summed E-state index contributed by atoms with van der Waals surface area (Å²) < 4.78 is 1.93. The second-order valence-corrected chi connectivity index (χ2v) is 7.35. The number of nitrogens with zero attached hydrogens (tertiary/aromatic N) is 5. The van der Waals surface area contributed by atoms with Gasteiger partial charge in [-0.05, 0) is 37.5 Å². The predicted octanol–water partition coefficient (Wildman–Crippen LogP) is 2.11. The number of hydrogen-bond acceptors (Lipinski definition) is 4. The molecule has 3 rings (SSSR count). The molecule has 0 N–H and O–H groups in total. The van der Waals surface area contributed by atoms with E-state index in [2.05, 4.69) is 33.7 Å². The summed E-state index contributed by atoms with van der Waals surface area (Å²) in [6.45, 7) is 11.7. The van der Waals surface area contributed by atoms with Gasteiger partial charge in [0.1, 0.15) is 12.7 Å². The maximum atomic E-state index is 4.18. The molecule has 0 amide bonds. The standard InChI is InChI=1S/C17H31N5/c1-15(2)16-3-5-17(6-4-16)21-10-7-20(8-11-21)9-12-22-14-18-13-19-22/h13-17H,3-12H2,1-2H3. The zero-order valence-electron chi connectivity index (χ0n) is 14.2. The van der Waals surface area contributed by atoms with Crippen LogP contribution in [0, 0.1) is 11.8 Å². The Labute approximate surface area is 134 Å². The smallest absolute Gasteiger partial charge is 0.137 e. The minimum absolute atomic E-state index is 0.854. The minimum Gasteiger partial charge on any atom is -0.299 e. The molecule has 0 bridgehead atoms. The van der Waals surface area contributed by atoms with E-state index in [4.69, 9.17) is 0 Å². The summed E-state index contributed by atoms with van der Waals surface area (Å²) in [5.41, 5.74) is 0. The Balaban J connectivity index is 1.37. The van der Waals surface area contributed by atoms with Gasteiger partial charge in [0.25, 0.3) is 0 Å². The van der Waals surface area contributed by atoms with Crippen LogP contribution in [0.15, 0.2) is 12.7 Å². The van der Waals surface area contributed by atoms with Crippen molar-refractivity contribution < 1.29 is 0 Å². The van der Waals surface area contributed by atoms with Gasteiger partial charge in [0.15, 0.2) is 0 Å². The van der Waals surface area contributed by atoms with E-state index < -0.39 is 0 Å². The van der Waals surface area contributed by atoms with Crippen LogP contribution in [0.4, 0.5) is 0 Å². The van der Waals surface area contributed by atoms with Crippen LogP contribution in [0.5, 0.6) is 0 Å². The average Bonchev–Trinajstić information content (AvgIpc) is 3.07. The van der Waals surface area contributed by atoms with Crippen LogP contribution in [0.1, 0.15) is 39.5 Å². The van der Waals surface area contributed by atoms with Crippen molar-refractivity contribution >= 4 is 0 Å². The van der Waals surface area contributed by atoms with Crippen LogP contribution in [0.2, 0.25) is 0 Å². The molecule has 5 heteroatoms. The van der Waals surface area contributed by atoms with E-state index in [1.807, 2.05) is 11.0 Å². The molecule has 1 saturated carbocycles. The molecule has 2 aliphatic rings. The molecular formula is C17H31N5. The molecule has 2 heterocycles. The van der Waals surface area contributed by atoms with Gasteiger partial charge in [-0.3, -0.25) is 14.5 Å². The lowest BCUT2D eigenvalue weighted by molar-refractivity contribution is 0.0638. The Morgan fingerprint density at radius 3 is 2.32 bits per heavy atom. The second kappa shape index (κ2) is 7.55. The first kappa shape index (κ1) is 15.9. The van der Waals surface area contributed by atoms with E-state index in [0.717, 1.165) is 31.0 Å². The van der Waals surface area contributed by atoms with E-state index in [-0.39, 0.29) is 0 Å². The van der Waals surface area contributed by atoms with Gasteiger partial charge < -0.3 is 0 Å². The van der Waals surface area contributed by atoms with Crippen molar-refractivity contribution in [3.8, 4) is 0 Å². The van der Waals surface area contributed by atoms with Crippen molar-refractivity contribution in [2.24, 2.45) is 11.8 Å². The molecule has 0 aromatic carbocycles. The van der Waals surface area contributed by atoms with Gasteiger partial charge in [0.2, 0.25) is 0 Å². The molecule has 2 fully saturated rings. The molecule has 1 aliphatic carbocycles. The summed E-state index contributed by atoms with van der Waals surface area (Å²) in [5.74, 6) is 1.84. The molecule has 1 aliphatic heterocycles. The fourth-order valence-electron chi connectivity index (χ4n) is 4.08. The van der Waals surface area contributed by atoms with E-state index in [0.29, 0.717) is 0 Å². The summed E-state index contributed by atoms with van der Waals surface area (Å²) in [5, 5.41) is 4.18. The van der Waals surface area contributed by atoms with Crippen LogP contribution >= 0.6 is 0 Å². The van der Waals surface area contributed by atoms with Crippen molar-refractivity contribution in [2.75, 3.05) is 32.7 Å². The molecule has 1 aromatic heterocycles. The number of piperazine rings is 1. The van der Waals surface area contributed by atoms with Crippen LogP contribution < -0.4 is 0 Å². The molecule has 0 spiro atoms. The highest BCUT2D eigenvalue weighted by Gasteiger charge is 2.29. The number of hydrogen-bond donors (Lipinski definition) is 0. The largest absolute Gasteiger partial charge is 0.299 e. The third-order valence-electron chi connectivity index (χ3n) is 5.72. The molecule has 0 radical (unpaired) electrons. The molecule has 124 valence electrons. The fraction of sp³-hybridized carbons (Fsp3) is 0.882. The van der Waals surface area contributed by atoms with E-state index in [1.54, 1.807) is 6.33 Å². The third-order valence-corrected chi connectivity index (χ3v) is 5.72. The first-order chi connectivity index (χ1) is 10.7. The molecule has 5 nitrogen and oxygen atoms in total. The first-order valence-corrected chi connectivity index (χ1v) is 9.01. The van der Waals surface area contributed by atoms with Crippen molar-refractivity contribution in [1.82, 2.24) is 24.6 Å². The highest BCUT2D eigenvalue weighted by Crippen LogP contribution is 2.32. The Kier molecular flexibility index (Phi) is 5.47. The van der Waals surface area contributed by atoms with E-state index in [1.165, 1.54) is 51.9 Å². The van der Waals surface area contributed by atoms with Gasteiger partial charge in [-0.1, -0.05) is 13.8 Å². The van der Waals surface area contributed by atoms with Gasteiger partial charge in [0, 0.05) is 38.8 Å². The minimum atomic E-state index is 0.854.